The summed E-state index contributed by atoms with van der Waals surface area (Å²) in [7, 11) is 0. The minimum absolute atomic E-state index is 0.226. The molecule has 0 aliphatic carbocycles. The lowest BCUT2D eigenvalue weighted by Crippen LogP contribution is -2.50. The van der Waals surface area contributed by atoms with Gasteiger partial charge in [0.1, 0.15) is 11.5 Å². The molecule has 8 heteroatoms. The molecule has 1 saturated heterocycles. The molecule has 0 spiro atoms. The third-order valence-electron chi connectivity index (χ3n) is 4.22. The average molecular weight is 372 g/mol. The monoisotopic (exact) mass is 372 g/mol. The molecule has 0 radical (unpaired) electrons. The fourth-order valence-corrected chi connectivity index (χ4v) is 2.81. The molecule has 27 heavy (non-hydrogen) atoms. The summed E-state index contributed by atoms with van der Waals surface area (Å²) in [4.78, 5) is 31.8. The average Bonchev–Trinajstić information content (AvgIpc) is 2.70. The van der Waals surface area contributed by atoms with Crippen molar-refractivity contribution in [1.29, 1.82) is 0 Å². The number of hydrogen-bond acceptors (Lipinski definition) is 5. The van der Waals surface area contributed by atoms with E-state index in [9.17, 15) is 14.0 Å². The molecule has 7 nitrogen and oxygen atoms in total. The second-order valence-electron chi connectivity index (χ2n) is 6.01. The number of aromatic nitrogens is 1. The minimum Gasteiger partial charge on any atom is -0.450 e. The standard InChI is InChI=1S/C19H21FN4O3/c1-2-27-19(26)24-11-9-23(10-12-24)18(25)17-13-14(7-8-21-17)22-16-6-4-3-5-15(16)20/h3-8,13H,2,9-12H2,1H3,(H,21,22). The van der Waals surface area contributed by atoms with Gasteiger partial charge in [0.25, 0.3) is 5.91 Å². The van der Waals surface area contributed by atoms with E-state index in [0.717, 1.165) is 0 Å². The van der Waals surface area contributed by atoms with Crippen LogP contribution in [0.5, 0.6) is 0 Å². The van der Waals surface area contributed by atoms with Crippen LogP contribution in [-0.2, 0) is 4.74 Å². The Kier molecular flexibility index (Phi) is 5.85. The number of carbonyl (C=O) groups is 2. The highest BCUT2D eigenvalue weighted by Gasteiger charge is 2.26. The van der Waals surface area contributed by atoms with Gasteiger partial charge < -0.3 is 19.9 Å². The SMILES string of the molecule is CCOC(=O)N1CCN(C(=O)c2cc(Nc3ccccc3F)ccn2)CC1. The van der Waals surface area contributed by atoms with Gasteiger partial charge in [-0.1, -0.05) is 12.1 Å². The summed E-state index contributed by atoms with van der Waals surface area (Å²) in [6, 6.07) is 9.57. The predicted molar refractivity (Wildman–Crippen MR) is 98.4 cm³/mol. The van der Waals surface area contributed by atoms with Crippen LogP contribution in [0.1, 0.15) is 17.4 Å². The molecule has 3 rings (SSSR count). The molecule has 2 aromatic rings. The molecule has 2 heterocycles. The van der Waals surface area contributed by atoms with E-state index < -0.39 is 0 Å². The van der Waals surface area contributed by atoms with Crippen LogP contribution >= 0.6 is 0 Å². The van der Waals surface area contributed by atoms with Crippen molar-refractivity contribution < 1.29 is 18.7 Å². The van der Waals surface area contributed by atoms with Crippen molar-refractivity contribution in [1.82, 2.24) is 14.8 Å². The van der Waals surface area contributed by atoms with Gasteiger partial charge in [0.15, 0.2) is 0 Å². The van der Waals surface area contributed by atoms with Crippen LogP contribution in [0.25, 0.3) is 0 Å². The number of rotatable bonds is 4. The number of hydrogen-bond donors (Lipinski definition) is 1. The quantitative estimate of drug-likeness (QED) is 0.893. The third kappa shape index (κ3) is 4.52. The number of anilines is 2. The minimum atomic E-state index is -0.378. The number of benzene rings is 1. The lowest BCUT2D eigenvalue weighted by molar-refractivity contribution is 0.0566. The molecule has 1 fully saturated rings. The lowest BCUT2D eigenvalue weighted by Gasteiger charge is -2.33. The highest BCUT2D eigenvalue weighted by atomic mass is 19.1. The van der Waals surface area contributed by atoms with Crippen LogP contribution in [0.15, 0.2) is 42.6 Å². The molecule has 1 N–H and O–H groups in total. The van der Waals surface area contributed by atoms with Gasteiger partial charge in [0, 0.05) is 38.1 Å². The number of para-hydroxylation sites is 1. The Bertz CT molecular complexity index is 822. The van der Waals surface area contributed by atoms with Crippen molar-refractivity contribution in [3.63, 3.8) is 0 Å². The van der Waals surface area contributed by atoms with Crippen LogP contribution in [0.4, 0.5) is 20.6 Å². The zero-order valence-electron chi connectivity index (χ0n) is 15.0. The van der Waals surface area contributed by atoms with Crippen LogP contribution in [0.3, 0.4) is 0 Å². The molecule has 1 aliphatic heterocycles. The number of nitrogens with zero attached hydrogens (tertiary/aromatic N) is 3. The maximum Gasteiger partial charge on any atom is 0.409 e. The Labute approximate surface area is 156 Å². The molecule has 0 unspecified atom stereocenters. The molecular weight excluding hydrogens is 351 g/mol. The summed E-state index contributed by atoms with van der Waals surface area (Å²) in [5, 5.41) is 2.95. The number of amides is 2. The lowest BCUT2D eigenvalue weighted by atomic mass is 10.2. The van der Waals surface area contributed by atoms with E-state index in [-0.39, 0.29) is 23.5 Å². The van der Waals surface area contributed by atoms with Gasteiger partial charge in [-0.15, -0.1) is 0 Å². The predicted octanol–water partition coefficient (Wildman–Crippen LogP) is 2.88. The van der Waals surface area contributed by atoms with Gasteiger partial charge in [-0.05, 0) is 31.2 Å². The highest BCUT2D eigenvalue weighted by Crippen LogP contribution is 2.20. The van der Waals surface area contributed by atoms with Gasteiger partial charge in [-0.3, -0.25) is 9.78 Å². The first-order valence-corrected chi connectivity index (χ1v) is 8.77. The smallest absolute Gasteiger partial charge is 0.409 e. The topological polar surface area (TPSA) is 74.8 Å². The van der Waals surface area contributed by atoms with E-state index >= 15 is 0 Å². The number of carbonyl (C=O) groups excluding carboxylic acids is 2. The van der Waals surface area contributed by atoms with Crippen LogP contribution < -0.4 is 5.32 Å². The summed E-state index contributed by atoms with van der Waals surface area (Å²) in [6.45, 7) is 3.72. The van der Waals surface area contributed by atoms with E-state index in [2.05, 4.69) is 10.3 Å². The fraction of sp³-hybridized carbons (Fsp3) is 0.316. The molecule has 0 atom stereocenters. The Morgan fingerprint density at radius 2 is 1.85 bits per heavy atom. The van der Waals surface area contributed by atoms with Crippen molar-refractivity contribution in [3.8, 4) is 0 Å². The van der Waals surface area contributed by atoms with Gasteiger partial charge in [-0.2, -0.15) is 0 Å². The fourth-order valence-electron chi connectivity index (χ4n) is 2.81. The van der Waals surface area contributed by atoms with E-state index in [4.69, 9.17) is 4.74 Å². The molecule has 2 amide bonds. The molecular formula is C19H21FN4O3. The van der Waals surface area contributed by atoms with Gasteiger partial charge in [0.05, 0.1) is 12.3 Å². The van der Waals surface area contributed by atoms with E-state index in [1.165, 1.54) is 12.3 Å². The van der Waals surface area contributed by atoms with E-state index in [1.807, 2.05) is 0 Å². The number of ether oxygens (including phenoxy) is 1. The third-order valence-corrected chi connectivity index (χ3v) is 4.22. The zero-order chi connectivity index (χ0) is 19.2. The van der Waals surface area contributed by atoms with Crippen molar-refractivity contribution in [2.45, 2.75) is 6.92 Å². The molecule has 1 aromatic heterocycles. The summed E-state index contributed by atoms with van der Waals surface area (Å²) in [6.07, 6.45) is 1.14. The second kappa shape index (κ2) is 8.48. The highest BCUT2D eigenvalue weighted by molar-refractivity contribution is 5.93. The zero-order valence-corrected chi connectivity index (χ0v) is 15.0. The summed E-state index contributed by atoms with van der Waals surface area (Å²) in [5.74, 6) is -0.604. The van der Waals surface area contributed by atoms with Crippen LogP contribution in [0, 0.1) is 5.82 Å². The summed E-state index contributed by atoms with van der Waals surface area (Å²) >= 11 is 0. The first kappa shape index (κ1) is 18.6. The van der Waals surface area contributed by atoms with Crippen molar-refractivity contribution in [3.05, 3.63) is 54.1 Å². The van der Waals surface area contributed by atoms with Crippen molar-refractivity contribution in [2.75, 3.05) is 38.1 Å². The van der Waals surface area contributed by atoms with E-state index in [1.54, 1.807) is 47.1 Å². The largest absolute Gasteiger partial charge is 0.450 e. The Hall–Kier alpha value is -3.16. The Morgan fingerprint density at radius 3 is 2.56 bits per heavy atom. The van der Waals surface area contributed by atoms with E-state index in [0.29, 0.717) is 44.2 Å². The first-order valence-electron chi connectivity index (χ1n) is 8.77. The molecule has 1 aliphatic rings. The Balaban J connectivity index is 1.64. The van der Waals surface area contributed by atoms with Crippen LogP contribution in [-0.4, -0.2) is 59.6 Å². The van der Waals surface area contributed by atoms with Gasteiger partial charge in [0.2, 0.25) is 0 Å². The Morgan fingerprint density at radius 1 is 1.15 bits per heavy atom. The molecule has 142 valence electrons. The van der Waals surface area contributed by atoms with Gasteiger partial charge in [-0.25, -0.2) is 9.18 Å². The molecule has 1 aromatic carbocycles. The van der Waals surface area contributed by atoms with Crippen molar-refractivity contribution in [2.24, 2.45) is 0 Å². The second-order valence-corrected chi connectivity index (χ2v) is 6.01. The number of nitrogens with one attached hydrogen (secondary N) is 1. The summed E-state index contributed by atoms with van der Waals surface area (Å²) < 4.78 is 18.8. The number of halogens is 1. The first-order chi connectivity index (χ1) is 13.1. The van der Waals surface area contributed by atoms with Gasteiger partial charge >= 0.3 is 6.09 Å². The van der Waals surface area contributed by atoms with Crippen LogP contribution in [0.2, 0.25) is 0 Å². The number of piperazine rings is 1. The maximum atomic E-state index is 13.8. The summed E-state index contributed by atoms with van der Waals surface area (Å²) in [5.41, 5.74) is 1.16. The molecule has 0 bridgehead atoms. The number of pyridine rings is 1. The normalized spacial score (nSPS) is 14.0. The maximum absolute atomic E-state index is 13.8. The molecule has 0 saturated carbocycles. The van der Waals surface area contributed by atoms with Crippen molar-refractivity contribution >= 4 is 23.4 Å².